The summed E-state index contributed by atoms with van der Waals surface area (Å²) in [6.45, 7) is 0.226. The monoisotopic (exact) mass is 295 g/mol. The van der Waals surface area contributed by atoms with Gasteiger partial charge in [-0.1, -0.05) is 36.2 Å². The molecule has 0 unspecified atom stereocenters. The molecule has 0 spiro atoms. The summed E-state index contributed by atoms with van der Waals surface area (Å²) >= 11 is 6.02. The van der Waals surface area contributed by atoms with Crippen molar-refractivity contribution in [1.29, 1.82) is 0 Å². The second-order valence-corrected chi connectivity index (χ2v) is 5.71. The van der Waals surface area contributed by atoms with E-state index in [4.69, 9.17) is 11.6 Å². The molecule has 20 heavy (non-hydrogen) atoms. The molecule has 0 saturated heterocycles. The summed E-state index contributed by atoms with van der Waals surface area (Å²) in [7, 11) is 0. The van der Waals surface area contributed by atoms with Crippen molar-refractivity contribution in [2.45, 2.75) is 32.1 Å². The average molecular weight is 296 g/mol. The molecule has 1 aliphatic carbocycles. The highest BCUT2D eigenvalue weighted by Crippen LogP contribution is 2.40. The first-order valence-corrected chi connectivity index (χ1v) is 7.15. The molecule has 4 nitrogen and oxygen atoms in total. The Balaban J connectivity index is 1.79. The molecule has 1 saturated carbocycles. The van der Waals surface area contributed by atoms with E-state index in [1.807, 2.05) is 18.2 Å². The summed E-state index contributed by atoms with van der Waals surface area (Å²) in [5.41, 5.74) is 0.195. The molecule has 0 aliphatic heterocycles. The van der Waals surface area contributed by atoms with Crippen LogP contribution in [0, 0.1) is 5.41 Å². The molecule has 0 radical (unpaired) electrons. The number of nitrogens with one attached hydrogen (secondary N) is 1. The van der Waals surface area contributed by atoms with Gasteiger partial charge in [-0.2, -0.15) is 0 Å². The predicted octanol–water partition coefficient (Wildman–Crippen LogP) is 2.64. The van der Waals surface area contributed by atoms with E-state index in [0.29, 0.717) is 30.7 Å². The summed E-state index contributed by atoms with van der Waals surface area (Å²) in [5, 5.41) is 12.6. The first-order valence-electron chi connectivity index (χ1n) is 6.77. The Morgan fingerprint density at radius 1 is 1.30 bits per heavy atom. The van der Waals surface area contributed by atoms with Gasteiger partial charge in [0.15, 0.2) is 0 Å². The lowest BCUT2D eigenvalue weighted by Gasteiger charge is -2.37. The van der Waals surface area contributed by atoms with Gasteiger partial charge in [-0.05, 0) is 30.9 Å². The number of carbonyl (C=O) groups is 2. The average Bonchev–Trinajstić information content (AvgIpc) is 2.36. The van der Waals surface area contributed by atoms with Crippen LogP contribution in [-0.2, 0) is 16.0 Å². The van der Waals surface area contributed by atoms with Gasteiger partial charge in [0.1, 0.15) is 0 Å². The number of aliphatic carboxylic acids is 1. The second-order valence-electron chi connectivity index (χ2n) is 5.31. The first-order chi connectivity index (χ1) is 9.53. The Bertz CT molecular complexity index is 512. The van der Waals surface area contributed by atoms with Crippen LogP contribution in [0.4, 0.5) is 0 Å². The number of carboxylic acid groups (broad SMARTS) is 1. The van der Waals surface area contributed by atoms with E-state index in [1.165, 1.54) is 0 Å². The van der Waals surface area contributed by atoms with Crippen molar-refractivity contribution < 1.29 is 14.7 Å². The van der Waals surface area contributed by atoms with Gasteiger partial charge >= 0.3 is 5.97 Å². The highest BCUT2D eigenvalue weighted by molar-refractivity contribution is 6.31. The number of hydrogen-bond acceptors (Lipinski definition) is 2. The van der Waals surface area contributed by atoms with Gasteiger partial charge in [0.25, 0.3) is 0 Å². The van der Waals surface area contributed by atoms with Gasteiger partial charge in [-0.25, -0.2) is 0 Å². The maximum atomic E-state index is 11.8. The minimum absolute atomic E-state index is 0.127. The molecule has 1 aromatic carbocycles. The largest absolute Gasteiger partial charge is 0.481 e. The van der Waals surface area contributed by atoms with Crippen LogP contribution in [0.2, 0.25) is 5.02 Å². The quantitative estimate of drug-likeness (QED) is 0.848. The molecular weight excluding hydrogens is 278 g/mol. The Kier molecular flexibility index (Phi) is 4.65. The summed E-state index contributed by atoms with van der Waals surface area (Å²) in [4.78, 5) is 23.0. The van der Waals surface area contributed by atoms with Crippen LogP contribution < -0.4 is 5.32 Å². The van der Waals surface area contributed by atoms with E-state index in [9.17, 15) is 14.7 Å². The van der Waals surface area contributed by atoms with Crippen molar-refractivity contribution in [2.75, 3.05) is 6.54 Å². The Hall–Kier alpha value is -1.55. The van der Waals surface area contributed by atoms with E-state index >= 15 is 0 Å². The fraction of sp³-hybridized carbons (Fsp3) is 0.467. The molecule has 1 aromatic rings. The minimum Gasteiger partial charge on any atom is -0.481 e. The van der Waals surface area contributed by atoms with Crippen LogP contribution in [-0.4, -0.2) is 23.5 Å². The number of hydrogen-bond donors (Lipinski definition) is 2. The highest BCUT2D eigenvalue weighted by Gasteiger charge is 2.44. The molecule has 2 N–H and O–H groups in total. The molecule has 2 rings (SSSR count). The Morgan fingerprint density at radius 3 is 2.55 bits per heavy atom. The van der Waals surface area contributed by atoms with E-state index in [1.54, 1.807) is 6.07 Å². The molecule has 0 atom stereocenters. The number of rotatable bonds is 6. The number of carbonyl (C=O) groups excluding carboxylic acids is 1. The Morgan fingerprint density at radius 2 is 2.00 bits per heavy atom. The first kappa shape index (κ1) is 14.9. The van der Waals surface area contributed by atoms with Crippen molar-refractivity contribution in [3.8, 4) is 0 Å². The lowest BCUT2D eigenvalue weighted by Crippen LogP contribution is -2.47. The van der Waals surface area contributed by atoms with Gasteiger partial charge in [0, 0.05) is 18.0 Å². The molecule has 0 bridgehead atoms. The van der Waals surface area contributed by atoms with Crippen molar-refractivity contribution in [3.63, 3.8) is 0 Å². The number of aryl methyl sites for hydroxylation is 1. The number of halogens is 1. The van der Waals surface area contributed by atoms with Gasteiger partial charge in [-0.3, -0.25) is 9.59 Å². The van der Waals surface area contributed by atoms with E-state index < -0.39 is 11.4 Å². The maximum absolute atomic E-state index is 11.8. The second kappa shape index (κ2) is 6.27. The van der Waals surface area contributed by atoms with Crippen molar-refractivity contribution in [1.82, 2.24) is 5.32 Å². The van der Waals surface area contributed by atoms with Gasteiger partial charge in [0.2, 0.25) is 5.91 Å². The fourth-order valence-corrected chi connectivity index (χ4v) is 2.61. The lowest BCUT2D eigenvalue weighted by molar-refractivity contribution is -0.154. The van der Waals surface area contributed by atoms with Crippen LogP contribution in [0.15, 0.2) is 24.3 Å². The predicted molar refractivity (Wildman–Crippen MR) is 76.7 cm³/mol. The molecule has 1 aliphatic rings. The summed E-state index contributed by atoms with van der Waals surface area (Å²) in [6, 6.07) is 7.41. The fourth-order valence-electron chi connectivity index (χ4n) is 2.38. The molecule has 1 amide bonds. The van der Waals surface area contributed by atoms with Gasteiger partial charge < -0.3 is 10.4 Å². The van der Waals surface area contributed by atoms with E-state index in [2.05, 4.69) is 5.32 Å². The standard InChI is InChI=1S/C15H18ClNO3/c16-12-5-2-1-4-11(12)6-7-13(18)17-10-15(14(19)20)8-3-9-15/h1-2,4-5H,3,6-10H2,(H,17,18)(H,19,20). The van der Waals surface area contributed by atoms with Crippen LogP contribution >= 0.6 is 11.6 Å². The van der Waals surface area contributed by atoms with Crippen LogP contribution in [0.1, 0.15) is 31.2 Å². The SMILES string of the molecule is O=C(CCc1ccccc1Cl)NCC1(C(=O)O)CCC1. The van der Waals surface area contributed by atoms with E-state index in [0.717, 1.165) is 12.0 Å². The van der Waals surface area contributed by atoms with Crippen LogP contribution in [0.25, 0.3) is 0 Å². The lowest BCUT2D eigenvalue weighted by atomic mass is 9.69. The zero-order chi connectivity index (χ0) is 14.6. The zero-order valence-electron chi connectivity index (χ0n) is 11.2. The molecular formula is C15H18ClNO3. The van der Waals surface area contributed by atoms with E-state index in [-0.39, 0.29) is 12.5 Å². The highest BCUT2D eigenvalue weighted by atomic mass is 35.5. The molecule has 0 aromatic heterocycles. The molecule has 0 heterocycles. The summed E-state index contributed by atoms with van der Waals surface area (Å²) in [6.07, 6.45) is 3.09. The van der Waals surface area contributed by atoms with Crippen molar-refractivity contribution in [2.24, 2.45) is 5.41 Å². The number of amides is 1. The van der Waals surface area contributed by atoms with Crippen molar-refractivity contribution >= 4 is 23.5 Å². The molecule has 1 fully saturated rings. The van der Waals surface area contributed by atoms with Crippen molar-refractivity contribution in [3.05, 3.63) is 34.9 Å². The van der Waals surface area contributed by atoms with Crippen LogP contribution in [0.3, 0.4) is 0 Å². The normalized spacial score (nSPS) is 16.2. The smallest absolute Gasteiger partial charge is 0.311 e. The van der Waals surface area contributed by atoms with Gasteiger partial charge in [-0.15, -0.1) is 0 Å². The topological polar surface area (TPSA) is 66.4 Å². The third kappa shape index (κ3) is 3.31. The summed E-state index contributed by atoms with van der Waals surface area (Å²) < 4.78 is 0. The number of carboxylic acids is 1. The molecule has 5 heteroatoms. The number of benzene rings is 1. The van der Waals surface area contributed by atoms with Gasteiger partial charge in [0.05, 0.1) is 5.41 Å². The Labute approximate surface area is 123 Å². The van der Waals surface area contributed by atoms with Crippen LogP contribution in [0.5, 0.6) is 0 Å². The zero-order valence-corrected chi connectivity index (χ0v) is 11.9. The minimum atomic E-state index is -0.810. The summed E-state index contributed by atoms with van der Waals surface area (Å²) in [5.74, 6) is -0.937. The third-order valence-electron chi connectivity index (χ3n) is 3.97. The maximum Gasteiger partial charge on any atom is 0.311 e. The molecule has 108 valence electrons. The third-order valence-corrected chi connectivity index (χ3v) is 4.34.